The highest BCUT2D eigenvalue weighted by Gasteiger charge is 2.00. The maximum absolute atomic E-state index is 5.68. The molecule has 0 aliphatic rings. The van der Waals surface area contributed by atoms with Crippen molar-refractivity contribution < 1.29 is 0 Å². The summed E-state index contributed by atoms with van der Waals surface area (Å²) in [4.78, 5) is 4.27. The molecule has 0 saturated heterocycles. The lowest BCUT2D eigenvalue weighted by atomic mass is 10.0. The standard InChI is InChI=1S/C19H20N2/c1-4-19(20)13-21-15(3)16-9-11-18(12-10-16)17-7-5-14(2)6-8-17/h4-13H,3,20H2,1-2H3/b19-4+,21-13?. The molecule has 0 aliphatic heterocycles. The summed E-state index contributed by atoms with van der Waals surface area (Å²) in [6.45, 7) is 7.93. The molecule has 2 aromatic carbocycles. The van der Waals surface area contributed by atoms with E-state index < -0.39 is 0 Å². The normalized spacial score (nSPS) is 11.8. The monoisotopic (exact) mass is 276 g/mol. The van der Waals surface area contributed by atoms with Crippen LogP contribution in [0.2, 0.25) is 0 Å². The molecule has 0 bridgehead atoms. The number of benzene rings is 2. The Balaban J connectivity index is 2.17. The van der Waals surface area contributed by atoms with Gasteiger partial charge in [0.1, 0.15) is 0 Å². The van der Waals surface area contributed by atoms with Crippen LogP contribution in [0.1, 0.15) is 18.1 Å². The van der Waals surface area contributed by atoms with Gasteiger partial charge in [0.05, 0.1) is 11.9 Å². The van der Waals surface area contributed by atoms with Gasteiger partial charge >= 0.3 is 0 Å². The van der Waals surface area contributed by atoms with Crippen molar-refractivity contribution >= 4 is 11.9 Å². The molecule has 0 aromatic heterocycles. The lowest BCUT2D eigenvalue weighted by Crippen LogP contribution is -1.97. The number of allylic oxidation sites excluding steroid dienone is 2. The van der Waals surface area contributed by atoms with Crippen LogP contribution in [0.5, 0.6) is 0 Å². The molecule has 0 saturated carbocycles. The summed E-state index contributed by atoms with van der Waals surface area (Å²) in [5, 5.41) is 0. The van der Waals surface area contributed by atoms with Crippen molar-refractivity contribution in [2.24, 2.45) is 10.7 Å². The predicted octanol–water partition coefficient (Wildman–Crippen LogP) is 4.57. The molecule has 0 spiro atoms. The van der Waals surface area contributed by atoms with Crippen molar-refractivity contribution in [1.29, 1.82) is 0 Å². The molecule has 21 heavy (non-hydrogen) atoms. The summed E-state index contributed by atoms with van der Waals surface area (Å²) < 4.78 is 0. The zero-order chi connectivity index (χ0) is 15.2. The van der Waals surface area contributed by atoms with E-state index in [-0.39, 0.29) is 0 Å². The molecule has 2 rings (SSSR count). The van der Waals surface area contributed by atoms with Crippen molar-refractivity contribution in [3.63, 3.8) is 0 Å². The highest BCUT2D eigenvalue weighted by atomic mass is 14.8. The third kappa shape index (κ3) is 3.93. The Labute approximate surface area is 126 Å². The molecule has 0 aliphatic carbocycles. The fourth-order valence-corrected chi connectivity index (χ4v) is 1.90. The SMILES string of the molecule is C=C(N=C/C(N)=C\C)c1ccc(-c2ccc(C)cc2)cc1. The van der Waals surface area contributed by atoms with Gasteiger partial charge in [-0.3, -0.25) is 4.99 Å². The highest BCUT2D eigenvalue weighted by Crippen LogP contribution is 2.22. The van der Waals surface area contributed by atoms with Crippen LogP contribution in [0, 0.1) is 6.92 Å². The molecule has 0 fully saturated rings. The van der Waals surface area contributed by atoms with Crippen LogP contribution in [0.4, 0.5) is 0 Å². The number of aryl methyl sites for hydroxylation is 1. The van der Waals surface area contributed by atoms with Gasteiger partial charge in [-0.25, -0.2) is 0 Å². The van der Waals surface area contributed by atoms with Gasteiger partial charge in [0.25, 0.3) is 0 Å². The Morgan fingerprint density at radius 1 is 1.00 bits per heavy atom. The molecule has 2 heteroatoms. The first kappa shape index (κ1) is 14.8. The Hall–Kier alpha value is -2.61. The first-order valence-electron chi connectivity index (χ1n) is 6.92. The molecule has 2 nitrogen and oxygen atoms in total. The summed E-state index contributed by atoms with van der Waals surface area (Å²) in [5.74, 6) is 0. The number of nitrogens with two attached hydrogens (primary N) is 1. The maximum Gasteiger partial charge on any atom is 0.0631 e. The topological polar surface area (TPSA) is 38.4 Å². The zero-order valence-corrected chi connectivity index (χ0v) is 12.5. The van der Waals surface area contributed by atoms with E-state index in [1.165, 1.54) is 16.7 Å². The second-order valence-electron chi connectivity index (χ2n) is 4.94. The maximum atomic E-state index is 5.68. The zero-order valence-electron chi connectivity index (χ0n) is 12.5. The quantitative estimate of drug-likeness (QED) is 0.816. The summed E-state index contributed by atoms with van der Waals surface area (Å²) in [7, 11) is 0. The Bertz CT molecular complexity index is 675. The minimum Gasteiger partial charge on any atom is -0.398 e. The number of aliphatic imine (C=N–C) groups is 1. The van der Waals surface area contributed by atoms with Crippen molar-refractivity contribution in [1.82, 2.24) is 0 Å². The Kier molecular flexibility index (Phi) is 4.72. The van der Waals surface area contributed by atoms with Crippen LogP contribution in [-0.4, -0.2) is 6.21 Å². The summed E-state index contributed by atoms with van der Waals surface area (Å²) in [6.07, 6.45) is 3.42. The van der Waals surface area contributed by atoms with E-state index in [9.17, 15) is 0 Å². The Morgan fingerprint density at radius 3 is 2.05 bits per heavy atom. The summed E-state index contributed by atoms with van der Waals surface area (Å²) in [6, 6.07) is 16.7. The number of rotatable bonds is 4. The van der Waals surface area contributed by atoms with Crippen LogP contribution >= 0.6 is 0 Å². The fourth-order valence-electron chi connectivity index (χ4n) is 1.90. The van der Waals surface area contributed by atoms with Crippen LogP contribution in [-0.2, 0) is 0 Å². The molecule has 106 valence electrons. The smallest absolute Gasteiger partial charge is 0.0631 e. The molecule has 0 amide bonds. The van der Waals surface area contributed by atoms with E-state index in [0.29, 0.717) is 11.4 Å². The van der Waals surface area contributed by atoms with Crippen LogP contribution < -0.4 is 5.73 Å². The van der Waals surface area contributed by atoms with Gasteiger partial charge < -0.3 is 5.73 Å². The number of hydrogen-bond donors (Lipinski definition) is 1. The first-order chi connectivity index (χ1) is 10.1. The molecular weight excluding hydrogens is 256 g/mol. The van der Waals surface area contributed by atoms with Crippen molar-refractivity contribution in [3.8, 4) is 11.1 Å². The van der Waals surface area contributed by atoms with Gasteiger partial charge in [-0.05, 0) is 30.5 Å². The van der Waals surface area contributed by atoms with Crippen LogP contribution in [0.25, 0.3) is 16.8 Å². The van der Waals surface area contributed by atoms with E-state index in [4.69, 9.17) is 5.73 Å². The van der Waals surface area contributed by atoms with E-state index in [1.807, 2.05) is 19.1 Å². The summed E-state index contributed by atoms with van der Waals surface area (Å²) >= 11 is 0. The van der Waals surface area contributed by atoms with Gasteiger partial charge in [-0.1, -0.05) is 66.7 Å². The average molecular weight is 276 g/mol. The second-order valence-corrected chi connectivity index (χ2v) is 4.94. The van der Waals surface area contributed by atoms with E-state index in [1.54, 1.807) is 12.3 Å². The van der Waals surface area contributed by atoms with E-state index >= 15 is 0 Å². The van der Waals surface area contributed by atoms with Gasteiger partial charge in [0.15, 0.2) is 0 Å². The molecule has 0 heterocycles. The minimum atomic E-state index is 0.632. The lowest BCUT2D eigenvalue weighted by molar-refractivity contribution is 1.43. The van der Waals surface area contributed by atoms with Crippen LogP contribution in [0.15, 0.2) is 71.9 Å². The average Bonchev–Trinajstić information content (AvgIpc) is 2.53. The number of hydrogen-bond acceptors (Lipinski definition) is 2. The fraction of sp³-hybridized carbons (Fsp3) is 0.105. The van der Waals surface area contributed by atoms with Gasteiger partial charge in [0, 0.05) is 5.70 Å². The molecule has 2 aromatic rings. The largest absolute Gasteiger partial charge is 0.398 e. The Morgan fingerprint density at radius 2 is 1.52 bits per heavy atom. The summed E-state index contributed by atoms with van der Waals surface area (Å²) in [5.41, 5.74) is 11.7. The van der Waals surface area contributed by atoms with Gasteiger partial charge in [-0.2, -0.15) is 0 Å². The molecule has 2 N–H and O–H groups in total. The highest BCUT2D eigenvalue weighted by molar-refractivity contribution is 5.83. The van der Waals surface area contributed by atoms with Gasteiger partial charge in [-0.15, -0.1) is 0 Å². The van der Waals surface area contributed by atoms with Crippen molar-refractivity contribution in [2.45, 2.75) is 13.8 Å². The van der Waals surface area contributed by atoms with Crippen molar-refractivity contribution in [2.75, 3.05) is 0 Å². The first-order valence-corrected chi connectivity index (χ1v) is 6.92. The molecule has 0 radical (unpaired) electrons. The third-order valence-corrected chi connectivity index (χ3v) is 3.31. The lowest BCUT2D eigenvalue weighted by Gasteiger charge is -2.05. The van der Waals surface area contributed by atoms with Crippen molar-refractivity contribution in [3.05, 3.63) is 78.0 Å². The predicted molar refractivity (Wildman–Crippen MR) is 92.1 cm³/mol. The van der Waals surface area contributed by atoms with E-state index in [2.05, 4.69) is 54.9 Å². The molecule has 0 atom stereocenters. The van der Waals surface area contributed by atoms with Crippen LogP contribution in [0.3, 0.4) is 0 Å². The second kappa shape index (κ2) is 6.71. The minimum absolute atomic E-state index is 0.632. The molecule has 0 unspecified atom stereocenters. The third-order valence-electron chi connectivity index (χ3n) is 3.31. The van der Waals surface area contributed by atoms with Gasteiger partial charge in [0.2, 0.25) is 0 Å². The number of nitrogens with zero attached hydrogens (tertiary/aromatic N) is 1. The van der Waals surface area contributed by atoms with E-state index in [0.717, 1.165) is 5.56 Å². The molecular formula is C19H20N2.